The second-order valence-electron chi connectivity index (χ2n) is 3.80. The van der Waals surface area contributed by atoms with E-state index in [-0.39, 0.29) is 5.91 Å². The van der Waals surface area contributed by atoms with E-state index in [1.807, 2.05) is 0 Å². The summed E-state index contributed by atoms with van der Waals surface area (Å²) in [6.07, 6.45) is 2.50. The molecule has 2 fully saturated rings. The highest BCUT2D eigenvalue weighted by molar-refractivity contribution is 7.14. The highest BCUT2D eigenvalue weighted by atomic mass is 31.0. The molecule has 0 aromatic heterocycles. The Balaban J connectivity index is 2.09. The number of fused-ring (bicyclic) bond motifs is 1. The highest BCUT2D eigenvalue weighted by Gasteiger charge is 2.37. The maximum Gasteiger partial charge on any atom is 0.239 e. The molecule has 2 saturated heterocycles. The van der Waals surface area contributed by atoms with Crippen LogP contribution in [0.2, 0.25) is 0 Å². The monoisotopic (exact) mass is 186 g/mol. The summed E-state index contributed by atoms with van der Waals surface area (Å²) in [6, 6.07) is 1.23. The van der Waals surface area contributed by atoms with Crippen molar-refractivity contribution < 1.29 is 4.79 Å². The second kappa shape index (κ2) is 2.97. The van der Waals surface area contributed by atoms with Crippen LogP contribution in [-0.2, 0) is 4.79 Å². The van der Waals surface area contributed by atoms with Gasteiger partial charge in [0.25, 0.3) is 0 Å². The smallest absolute Gasteiger partial charge is 0.239 e. The lowest BCUT2D eigenvalue weighted by Crippen LogP contribution is -2.51. The van der Waals surface area contributed by atoms with E-state index in [1.165, 1.54) is 12.8 Å². The van der Waals surface area contributed by atoms with Crippen molar-refractivity contribution >= 4 is 15.3 Å². The Hall–Kier alpha value is -0.140. The van der Waals surface area contributed by atoms with Crippen LogP contribution in [0.4, 0.5) is 0 Å². The molecular formula is C8H15N2OP. The van der Waals surface area contributed by atoms with Crippen LogP contribution >= 0.6 is 9.39 Å². The second-order valence-corrected chi connectivity index (χ2v) is 4.42. The van der Waals surface area contributed by atoms with E-state index in [0.29, 0.717) is 18.6 Å². The van der Waals surface area contributed by atoms with Crippen molar-refractivity contribution in [3.05, 3.63) is 0 Å². The molecule has 2 aliphatic rings. The van der Waals surface area contributed by atoms with Gasteiger partial charge in [0.05, 0.1) is 6.54 Å². The molecule has 3 nitrogen and oxygen atoms in total. The number of rotatable bonds is 0. The number of carbonyl (C=O) groups excluding carboxylic acids is 1. The zero-order valence-corrected chi connectivity index (χ0v) is 8.52. The Morgan fingerprint density at radius 2 is 2.25 bits per heavy atom. The van der Waals surface area contributed by atoms with Crippen molar-refractivity contribution in [1.82, 2.24) is 9.57 Å². The summed E-state index contributed by atoms with van der Waals surface area (Å²) >= 11 is 0. The molecule has 0 aliphatic carbocycles. The maximum absolute atomic E-state index is 11.3. The Morgan fingerprint density at radius 3 is 3.00 bits per heavy atom. The summed E-state index contributed by atoms with van der Waals surface area (Å²) in [5, 5.41) is 0. The van der Waals surface area contributed by atoms with Crippen molar-refractivity contribution in [2.45, 2.75) is 31.8 Å². The normalized spacial score (nSPS) is 37.2. The summed E-state index contributed by atoms with van der Waals surface area (Å²) in [5.74, 6) is 0.241. The van der Waals surface area contributed by atoms with E-state index >= 15 is 0 Å². The first-order chi connectivity index (χ1) is 5.68. The van der Waals surface area contributed by atoms with E-state index < -0.39 is 0 Å². The number of amides is 1. The minimum absolute atomic E-state index is 0.241. The fourth-order valence-corrected chi connectivity index (χ4v) is 2.51. The molecule has 68 valence electrons. The van der Waals surface area contributed by atoms with Gasteiger partial charge >= 0.3 is 0 Å². The summed E-state index contributed by atoms with van der Waals surface area (Å²) in [4.78, 5) is 13.7. The lowest BCUT2D eigenvalue weighted by atomic mass is 10.2. The van der Waals surface area contributed by atoms with Gasteiger partial charge in [0.15, 0.2) is 0 Å². The van der Waals surface area contributed by atoms with E-state index in [9.17, 15) is 4.79 Å². The molecule has 1 amide bonds. The number of hydrogen-bond acceptors (Lipinski definition) is 2. The van der Waals surface area contributed by atoms with Gasteiger partial charge in [0, 0.05) is 18.6 Å². The van der Waals surface area contributed by atoms with Crippen molar-refractivity contribution in [1.29, 1.82) is 0 Å². The molecule has 0 bridgehead atoms. The lowest BCUT2D eigenvalue weighted by Gasteiger charge is -2.36. The van der Waals surface area contributed by atoms with Gasteiger partial charge in [0.2, 0.25) is 5.91 Å². The first-order valence-corrected chi connectivity index (χ1v) is 5.01. The zero-order valence-electron chi connectivity index (χ0n) is 7.36. The molecule has 0 saturated carbocycles. The quantitative estimate of drug-likeness (QED) is 0.513. The highest BCUT2D eigenvalue weighted by Crippen LogP contribution is 2.28. The fraction of sp³-hybridized carbons (Fsp3) is 0.875. The summed E-state index contributed by atoms with van der Waals surface area (Å²) in [5.41, 5.74) is 0. The van der Waals surface area contributed by atoms with Crippen LogP contribution in [-0.4, -0.2) is 40.7 Å². The standard InChI is InChI=1S/C8H15N2OP/c1-6-2-3-7-4-10(12)8(11)5-9(6)7/h6-7H,2-5,12H2,1H3. The Kier molecular flexibility index (Phi) is 2.09. The average Bonchev–Trinajstić information content (AvgIpc) is 2.35. The number of carbonyl (C=O) groups is 1. The molecule has 2 heterocycles. The average molecular weight is 186 g/mol. The van der Waals surface area contributed by atoms with Crippen molar-refractivity contribution in [2.75, 3.05) is 13.1 Å². The first-order valence-electron chi connectivity index (χ1n) is 4.49. The molecule has 0 radical (unpaired) electrons. The van der Waals surface area contributed by atoms with Crippen LogP contribution in [0.3, 0.4) is 0 Å². The van der Waals surface area contributed by atoms with Gasteiger partial charge in [-0.25, -0.2) is 0 Å². The van der Waals surface area contributed by atoms with Crippen LogP contribution in [0.1, 0.15) is 19.8 Å². The molecule has 12 heavy (non-hydrogen) atoms. The third-order valence-corrected chi connectivity index (χ3v) is 3.50. The first kappa shape index (κ1) is 8.46. The summed E-state index contributed by atoms with van der Waals surface area (Å²) in [7, 11) is 2.51. The SMILES string of the molecule is CC1CCC2CN(P)C(=O)CN12. The Labute approximate surface area is 75.3 Å². The van der Waals surface area contributed by atoms with Crippen LogP contribution < -0.4 is 0 Å². The van der Waals surface area contributed by atoms with Crippen LogP contribution in [0.25, 0.3) is 0 Å². The third kappa shape index (κ3) is 1.25. The van der Waals surface area contributed by atoms with Gasteiger partial charge in [-0.3, -0.25) is 9.69 Å². The lowest BCUT2D eigenvalue weighted by molar-refractivity contribution is -0.131. The molecule has 3 unspecified atom stereocenters. The molecule has 0 aromatic rings. The van der Waals surface area contributed by atoms with Crippen molar-refractivity contribution in [3.63, 3.8) is 0 Å². The third-order valence-electron chi connectivity index (χ3n) is 3.00. The minimum atomic E-state index is 0.241. The van der Waals surface area contributed by atoms with Crippen LogP contribution in [0.5, 0.6) is 0 Å². The fourth-order valence-electron chi connectivity index (χ4n) is 2.18. The molecule has 0 N–H and O–H groups in total. The van der Waals surface area contributed by atoms with Crippen LogP contribution in [0.15, 0.2) is 0 Å². The molecule has 2 rings (SSSR count). The van der Waals surface area contributed by atoms with Gasteiger partial charge < -0.3 is 4.67 Å². The topological polar surface area (TPSA) is 23.6 Å². The predicted molar refractivity (Wildman–Crippen MR) is 50.6 cm³/mol. The zero-order chi connectivity index (χ0) is 8.72. The van der Waals surface area contributed by atoms with E-state index in [0.717, 1.165) is 6.54 Å². The molecule has 2 aliphatic heterocycles. The summed E-state index contributed by atoms with van der Waals surface area (Å²) in [6.45, 7) is 3.73. The summed E-state index contributed by atoms with van der Waals surface area (Å²) < 4.78 is 1.78. The Bertz CT molecular complexity index is 209. The van der Waals surface area contributed by atoms with E-state index in [1.54, 1.807) is 4.67 Å². The molecule has 4 heteroatoms. The number of piperazine rings is 1. The molecule has 0 spiro atoms. The van der Waals surface area contributed by atoms with Gasteiger partial charge in [-0.15, -0.1) is 0 Å². The molecule has 3 atom stereocenters. The van der Waals surface area contributed by atoms with Crippen LogP contribution in [0, 0.1) is 0 Å². The van der Waals surface area contributed by atoms with Gasteiger partial charge in [-0.1, -0.05) is 0 Å². The van der Waals surface area contributed by atoms with Crippen molar-refractivity contribution in [3.8, 4) is 0 Å². The molecule has 0 aromatic carbocycles. The van der Waals surface area contributed by atoms with Gasteiger partial charge in [-0.05, 0) is 29.2 Å². The predicted octanol–water partition coefficient (Wildman–Crippen LogP) is 0.472. The maximum atomic E-state index is 11.3. The molecular weight excluding hydrogens is 171 g/mol. The largest absolute Gasteiger partial charge is 0.325 e. The van der Waals surface area contributed by atoms with E-state index in [2.05, 4.69) is 21.2 Å². The van der Waals surface area contributed by atoms with Gasteiger partial charge in [-0.2, -0.15) is 0 Å². The van der Waals surface area contributed by atoms with Crippen molar-refractivity contribution in [2.24, 2.45) is 0 Å². The minimum Gasteiger partial charge on any atom is -0.325 e. The number of hydrogen-bond donors (Lipinski definition) is 0. The Morgan fingerprint density at radius 1 is 1.50 bits per heavy atom. The van der Waals surface area contributed by atoms with E-state index in [4.69, 9.17) is 0 Å². The van der Waals surface area contributed by atoms with Gasteiger partial charge in [0.1, 0.15) is 0 Å². The number of nitrogens with zero attached hydrogens (tertiary/aromatic N) is 2.